The molecule has 2 heterocycles. The zero-order chi connectivity index (χ0) is 21.0. The molecule has 0 spiro atoms. The number of rotatable bonds is 11. The molecule has 2 N–H and O–H groups in total. The number of amides is 1. The van der Waals surface area contributed by atoms with Gasteiger partial charge in [0, 0.05) is 37.9 Å². The van der Waals surface area contributed by atoms with E-state index >= 15 is 0 Å². The van der Waals surface area contributed by atoms with Crippen LogP contribution in [-0.4, -0.2) is 35.6 Å². The van der Waals surface area contributed by atoms with Gasteiger partial charge in [-0.1, -0.05) is 24.3 Å². The molecule has 156 valence electrons. The molecule has 0 radical (unpaired) electrons. The van der Waals surface area contributed by atoms with Gasteiger partial charge in [0.1, 0.15) is 11.8 Å². The third kappa shape index (κ3) is 6.67. The maximum Gasteiger partial charge on any atom is 0.241 e. The fourth-order valence-corrected chi connectivity index (χ4v) is 3.20. The Kier molecular flexibility index (Phi) is 8.35. The summed E-state index contributed by atoms with van der Waals surface area (Å²) in [6, 6.07) is 15.1. The Morgan fingerprint density at radius 3 is 2.30 bits per heavy atom. The number of benzene rings is 1. The van der Waals surface area contributed by atoms with Crippen molar-refractivity contribution in [2.75, 3.05) is 19.7 Å². The number of carbonyl (C=O) groups is 1. The molecule has 6 nitrogen and oxygen atoms in total. The van der Waals surface area contributed by atoms with Crippen molar-refractivity contribution >= 4 is 5.91 Å². The van der Waals surface area contributed by atoms with Gasteiger partial charge in [0.2, 0.25) is 5.91 Å². The number of aromatic nitrogens is 2. The topological polar surface area (TPSA) is 76.1 Å². The number of hydrogen-bond acceptors (Lipinski definition) is 5. The van der Waals surface area contributed by atoms with Crippen LogP contribution >= 0.6 is 0 Å². The van der Waals surface area contributed by atoms with Crippen LogP contribution < -0.4 is 15.4 Å². The van der Waals surface area contributed by atoms with Crippen molar-refractivity contribution in [2.45, 2.75) is 25.8 Å². The number of nitrogens with zero attached hydrogens (tertiary/aromatic N) is 2. The maximum absolute atomic E-state index is 13.0. The first kappa shape index (κ1) is 21.5. The molecule has 0 saturated carbocycles. The normalized spacial score (nSPS) is 11.6. The zero-order valence-corrected chi connectivity index (χ0v) is 17.3. The van der Waals surface area contributed by atoms with E-state index in [1.54, 1.807) is 12.4 Å². The Morgan fingerprint density at radius 2 is 1.67 bits per heavy atom. The van der Waals surface area contributed by atoms with Crippen LogP contribution in [0.2, 0.25) is 0 Å². The van der Waals surface area contributed by atoms with Gasteiger partial charge >= 0.3 is 0 Å². The van der Waals surface area contributed by atoms with Crippen LogP contribution in [0.4, 0.5) is 0 Å². The predicted octanol–water partition coefficient (Wildman–Crippen LogP) is 3.11. The second kappa shape index (κ2) is 11.7. The third-order valence-corrected chi connectivity index (χ3v) is 4.69. The van der Waals surface area contributed by atoms with E-state index in [1.807, 2.05) is 67.8 Å². The molecule has 3 aromatic rings. The summed E-state index contributed by atoms with van der Waals surface area (Å²) in [5.74, 6) is 0.705. The summed E-state index contributed by atoms with van der Waals surface area (Å²) in [5.41, 5.74) is 3.10. The van der Waals surface area contributed by atoms with Crippen molar-refractivity contribution in [3.8, 4) is 5.75 Å². The van der Waals surface area contributed by atoms with Crippen molar-refractivity contribution < 1.29 is 9.53 Å². The van der Waals surface area contributed by atoms with Crippen molar-refractivity contribution in [3.63, 3.8) is 0 Å². The van der Waals surface area contributed by atoms with Crippen LogP contribution in [0.25, 0.3) is 0 Å². The predicted molar refractivity (Wildman–Crippen MR) is 117 cm³/mol. The molecule has 0 aliphatic rings. The highest BCUT2D eigenvalue weighted by Crippen LogP contribution is 2.20. The Balaban J connectivity index is 1.64. The Bertz CT molecular complexity index is 903. The largest absolute Gasteiger partial charge is 0.494 e. The smallest absolute Gasteiger partial charge is 0.241 e. The van der Waals surface area contributed by atoms with Crippen molar-refractivity contribution in [2.24, 2.45) is 0 Å². The molecule has 0 saturated heterocycles. The summed E-state index contributed by atoms with van der Waals surface area (Å²) in [4.78, 5) is 21.3. The SMILES string of the molecule is CCOc1cccc(C(NCCc2cccnc2)C(=O)NCCc2cccnc2)c1. The van der Waals surface area contributed by atoms with Gasteiger partial charge in [-0.25, -0.2) is 0 Å². The van der Waals surface area contributed by atoms with Gasteiger partial charge in [0.05, 0.1) is 6.61 Å². The molecule has 0 bridgehead atoms. The number of nitrogens with one attached hydrogen (secondary N) is 2. The molecular weight excluding hydrogens is 376 g/mol. The van der Waals surface area contributed by atoms with Crippen molar-refractivity contribution in [1.29, 1.82) is 0 Å². The van der Waals surface area contributed by atoms with Gasteiger partial charge < -0.3 is 15.4 Å². The van der Waals surface area contributed by atoms with Crippen LogP contribution in [0.5, 0.6) is 5.75 Å². The lowest BCUT2D eigenvalue weighted by Crippen LogP contribution is -2.39. The highest BCUT2D eigenvalue weighted by atomic mass is 16.5. The van der Waals surface area contributed by atoms with Gasteiger partial charge in [-0.05, 0) is 60.7 Å². The van der Waals surface area contributed by atoms with Crippen LogP contribution in [0.3, 0.4) is 0 Å². The summed E-state index contributed by atoms with van der Waals surface area (Å²) >= 11 is 0. The summed E-state index contributed by atoms with van der Waals surface area (Å²) in [6.45, 7) is 3.74. The van der Waals surface area contributed by atoms with E-state index in [0.29, 0.717) is 19.7 Å². The van der Waals surface area contributed by atoms with Gasteiger partial charge in [0.25, 0.3) is 0 Å². The van der Waals surface area contributed by atoms with Crippen LogP contribution in [-0.2, 0) is 17.6 Å². The maximum atomic E-state index is 13.0. The second-order valence-electron chi connectivity index (χ2n) is 6.91. The van der Waals surface area contributed by atoms with Crippen LogP contribution in [0.1, 0.15) is 29.7 Å². The van der Waals surface area contributed by atoms with Crippen LogP contribution in [0.15, 0.2) is 73.3 Å². The molecule has 6 heteroatoms. The van der Waals surface area contributed by atoms with Gasteiger partial charge in [-0.15, -0.1) is 0 Å². The molecule has 1 atom stereocenters. The fourth-order valence-electron chi connectivity index (χ4n) is 3.20. The van der Waals surface area contributed by atoms with Gasteiger partial charge in [-0.3, -0.25) is 14.8 Å². The highest BCUT2D eigenvalue weighted by molar-refractivity contribution is 5.83. The molecule has 0 fully saturated rings. The number of hydrogen-bond donors (Lipinski definition) is 2. The average molecular weight is 405 g/mol. The Labute approximate surface area is 177 Å². The first-order valence-corrected chi connectivity index (χ1v) is 10.3. The minimum absolute atomic E-state index is 0.0567. The van der Waals surface area contributed by atoms with E-state index in [-0.39, 0.29) is 5.91 Å². The zero-order valence-electron chi connectivity index (χ0n) is 17.3. The van der Waals surface area contributed by atoms with E-state index in [2.05, 4.69) is 20.6 Å². The highest BCUT2D eigenvalue weighted by Gasteiger charge is 2.20. The first-order valence-electron chi connectivity index (χ1n) is 10.3. The van der Waals surface area contributed by atoms with Crippen LogP contribution in [0, 0.1) is 0 Å². The number of carbonyl (C=O) groups excluding carboxylic acids is 1. The molecule has 3 rings (SSSR count). The van der Waals surface area contributed by atoms with Gasteiger partial charge in [-0.2, -0.15) is 0 Å². The first-order chi connectivity index (χ1) is 14.8. The standard InChI is InChI=1S/C24H28N4O2/c1-2-30-22-9-3-8-21(16-22)23(27-14-10-19-6-4-12-25-17-19)24(29)28-15-11-20-7-5-13-26-18-20/h3-9,12-13,16-18,23,27H,2,10-11,14-15H2,1H3,(H,28,29). The number of ether oxygens (including phenoxy) is 1. The summed E-state index contributed by atoms with van der Waals surface area (Å²) in [6.07, 6.45) is 8.70. The molecule has 30 heavy (non-hydrogen) atoms. The summed E-state index contributed by atoms with van der Waals surface area (Å²) < 4.78 is 5.61. The minimum atomic E-state index is -0.462. The molecule has 0 aliphatic carbocycles. The van der Waals surface area contributed by atoms with Gasteiger partial charge in [0.15, 0.2) is 0 Å². The summed E-state index contributed by atoms with van der Waals surface area (Å²) in [5, 5.41) is 6.44. The lowest BCUT2D eigenvalue weighted by molar-refractivity contribution is -0.123. The molecule has 1 unspecified atom stereocenters. The quantitative estimate of drug-likeness (QED) is 0.514. The lowest BCUT2D eigenvalue weighted by Gasteiger charge is -2.20. The van der Waals surface area contributed by atoms with E-state index in [0.717, 1.165) is 35.3 Å². The third-order valence-electron chi connectivity index (χ3n) is 4.69. The van der Waals surface area contributed by atoms with E-state index in [4.69, 9.17) is 4.74 Å². The Hall–Kier alpha value is -3.25. The van der Waals surface area contributed by atoms with Crippen molar-refractivity contribution in [3.05, 3.63) is 90.0 Å². The molecule has 0 aliphatic heterocycles. The van der Waals surface area contributed by atoms with E-state index < -0.39 is 6.04 Å². The summed E-state index contributed by atoms with van der Waals surface area (Å²) in [7, 11) is 0. The number of pyridine rings is 2. The molecule has 1 amide bonds. The monoisotopic (exact) mass is 404 g/mol. The molecule has 1 aromatic carbocycles. The average Bonchev–Trinajstić information content (AvgIpc) is 2.78. The Morgan fingerprint density at radius 1 is 0.967 bits per heavy atom. The van der Waals surface area contributed by atoms with E-state index in [1.165, 1.54) is 0 Å². The minimum Gasteiger partial charge on any atom is -0.494 e. The lowest BCUT2D eigenvalue weighted by atomic mass is 10.0. The molecule has 2 aromatic heterocycles. The van der Waals surface area contributed by atoms with E-state index in [9.17, 15) is 4.79 Å². The fraction of sp³-hybridized carbons (Fsp3) is 0.292. The molecular formula is C24H28N4O2. The second-order valence-corrected chi connectivity index (χ2v) is 6.91. The van der Waals surface area contributed by atoms with Crippen molar-refractivity contribution in [1.82, 2.24) is 20.6 Å².